The van der Waals surface area contributed by atoms with Crippen LogP contribution in [0.3, 0.4) is 0 Å². The van der Waals surface area contributed by atoms with Crippen LogP contribution in [0.25, 0.3) is 0 Å². The zero-order valence-electron chi connectivity index (χ0n) is 17.9. The van der Waals surface area contributed by atoms with Crippen molar-refractivity contribution in [2.24, 2.45) is 0 Å². The van der Waals surface area contributed by atoms with Crippen LogP contribution in [0.4, 0.5) is 10.5 Å². The average molecular weight is 423 g/mol. The Balaban J connectivity index is 1.61. The summed E-state index contributed by atoms with van der Waals surface area (Å²) >= 11 is 0. The molecule has 0 spiro atoms. The monoisotopic (exact) mass is 423 g/mol. The van der Waals surface area contributed by atoms with E-state index in [0.717, 1.165) is 5.56 Å². The summed E-state index contributed by atoms with van der Waals surface area (Å²) in [7, 11) is 0. The highest BCUT2D eigenvalue weighted by Crippen LogP contribution is 2.30. The van der Waals surface area contributed by atoms with Crippen molar-refractivity contribution < 1.29 is 23.9 Å². The van der Waals surface area contributed by atoms with Crippen molar-refractivity contribution in [2.75, 3.05) is 11.9 Å². The topological polar surface area (TPSA) is 105 Å². The molecular weight excluding hydrogens is 398 g/mol. The summed E-state index contributed by atoms with van der Waals surface area (Å²) in [6, 6.07) is 10.9. The van der Waals surface area contributed by atoms with E-state index < -0.39 is 17.5 Å². The van der Waals surface area contributed by atoms with Gasteiger partial charge < -0.3 is 15.4 Å². The van der Waals surface area contributed by atoms with Crippen LogP contribution in [-0.4, -0.2) is 40.9 Å². The number of esters is 1. The van der Waals surface area contributed by atoms with E-state index >= 15 is 0 Å². The Kier molecular flexibility index (Phi) is 6.10. The maximum absolute atomic E-state index is 12.7. The van der Waals surface area contributed by atoms with Crippen molar-refractivity contribution in [3.8, 4) is 0 Å². The summed E-state index contributed by atoms with van der Waals surface area (Å²) in [6.45, 7) is 7.67. The van der Waals surface area contributed by atoms with Crippen molar-refractivity contribution in [3.05, 3.63) is 64.7 Å². The number of nitrogens with zero attached hydrogens (tertiary/aromatic N) is 1. The second kappa shape index (κ2) is 8.59. The first kappa shape index (κ1) is 22.0. The zero-order chi connectivity index (χ0) is 22.8. The van der Waals surface area contributed by atoms with E-state index in [4.69, 9.17) is 4.74 Å². The van der Waals surface area contributed by atoms with Crippen LogP contribution in [0, 0.1) is 0 Å². The van der Waals surface area contributed by atoms with Gasteiger partial charge in [0.25, 0.3) is 11.8 Å². The molecule has 2 aromatic rings. The van der Waals surface area contributed by atoms with Gasteiger partial charge in [0.2, 0.25) is 0 Å². The highest BCUT2D eigenvalue weighted by Gasteiger charge is 2.41. The number of ether oxygens (including phenoxy) is 1. The molecule has 162 valence electrons. The van der Waals surface area contributed by atoms with Crippen LogP contribution < -0.4 is 10.6 Å². The van der Waals surface area contributed by atoms with E-state index in [1.807, 2.05) is 0 Å². The molecule has 4 amide bonds. The van der Waals surface area contributed by atoms with Gasteiger partial charge in [0.1, 0.15) is 0 Å². The molecule has 0 aromatic heterocycles. The number of carbonyl (C=O) groups is 4. The molecule has 2 aromatic carbocycles. The van der Waals surface area contributed by atoms with Gasteiger partial charge in [0.15, 0.2) is 0 Å². The molecule has 0 radical (unpaired) electrons. The molecule has 0 aliphatic carbocycles. The van der Waals surface area contributed by atoms with Crippen LogP contribution >= 0.6 is 0 Å². The van der Waals surface area contributed by atoms with E-state index in [2.05, 4.69) is 10.6 Å². The number of urea groups is 1. The SMILES string of the molecule is CCOC(=O)c1ccc(CNC(=O)Nc2ccc3c(c2)C(=O)N(C(C)(C)C)C3=O)cc1. The Bertz CT molecular complexity index is 1040. The largest absolute Gasteiger partial charge is 0.462 e. The smallest absolute Gasteiger partial charge is 0.338 e. The minimum atomic E-state index is -0.638. The predicted molar refractivity (Wildman–Crippen MR) is 115 cm³/mol. The average Bonchev–Trinajstić information content (AvgIpc) is 2.97. The Morgan fingerprint density at radius 3 is 2.23 bits per heavy atom. The van der Waals surface area contributed by atoms with Crippen molar-refractivity contribution in [3.63, 3.8) is 0 Å². The van der Waals surface area contributed by atoms with E-state index in [1.165, 1.54) is 11.0 Å². The summed E-state index contributed by atoms with van der Waals surface area (Å²) in [5.74, 6) is -1.11. The molecule has 0 bridgehead atoms. The van der Waals surface area contributed by atoms with Crippen LogP contribution in [0.5, 0.6) is 0 Å². The lowest BCUT2D eigenvalue weighted by Crippen LogP contribution is -2.45. The summed E-state index contributed by atoms with van der Waals surface area (Å²) < 4.78 is 4.94. The third-order valence-electron chi connectivity index (χ3n) is 4.73. The molecule has 2 N–H and O–H groups in total. The van der Waals surface area contributed by atoms with Gasteiger partial charge in [-0.3, -0.25) is 14.5 Å². The molecule has 0 unspecified atom stereocenters. The van der Waals surface area contributed by atoms with Crippen molar-refractivity contribution >= 4 is 29.5 Å². The first-order chi connectivity index (χ1) is 14.6. The summed E-state index contributed by atoms with van der Waals surface area (Å²) in [5.41, 5.74) is 1.61. The van der Waals surface area contributed by atoms with Crippen LogP contribution in [-0.2, 0) is 11.3 Å². The zero-order valence-corrected chi connectivity index (χ0v) is 17.9. The normalized spacial score (nSPS) is 13.1. The van der Waals surface area contributed by atoms with Crippen molar-refractivity contribution in [2.45, 2.75) is 39.8 Å². The lowest BCUT2D eigenvalue weighted by molar-refractivity contribution is 0.0501. The fraction of sp³-hybridized carbons (Fsp3) is 0.304. The van der Waals surface area contributed by atoms with Gasteiger partial charge >= 0.3 is 12.0 Å². The Labute approximate surface area is 180 Å². The number of hydrogen-bond acceptors (Lipinski definition) is 5. The maximum Gasteiger partial charge on any atom is 0.338 e. The summed E-state index contributed by atoms with van der Waals surface area (Å²) in [5, 5.41) is 5.38. The van der Waals surface area contributed by atoms with Crippen LogP contribution in [0.1, 0.15) is 64.3 Å². The number of fused-ring (bicyclic) bond motifs is 1. The molecule has 8 heteroatoms. The van der Waals surface area contributed by atoms with Gasteiger partial charge in [-0.1, -0.05) is 12.1 Å². The second-order valence-corrected chi connectivity index (χ2v) is 8.10. The molecule has 0 fully saturated rings. The van der Waals surface area contributed by atoms with Crippen LogP contribution in [0.2, 0.25) is 0 Å². The predicted octanol–water partition coefficient (Wildman–Crippen LogP) is 3.58. The van der Waals surface area contributed by atoms with Gasteiger partial charge in [0, 0.05) is 17.8 Å². The number of amides is 4. The summed E-state index contributed by atoms with van der Waals surface area (Å²) in [4.78, 5) is 50.3. The first-order valence-corrected chi connectivity index (χ1v) is 9.95. The standard InChI is InChI=1S/C23H25N3O5/c1-5-31-21(29)15-8-6-14(7-9-15)13-24-22(30)25-16-10-11-17-18(12-16)20(28)26(19(17)27)23(2,3)4/h6-12H,5,13H2,1-4H3,(H2,24,25,30). The number of nitrogens with one attached hydrogen (secondary N) is 2. The number of benzene rings is 2. The molecule has 3 rings (SSSR count). The van der Waals surface area contributed by atoms with Crippen molar-refractivity contribution in [1.29, 1.82) is 0 Å². The maximum atomic E-state index is 12.7. The first-order valence-electron chi connectivity index (χ1n) is 9.95. The van der Waals surface area contributed by atoms with Gasteiger partial charge in [-0.05, 0) is 63.6 Å². The van der Waals surface area contributed by atoms with Crippen molar-refractivity contribution in [1.82, 2.24) is 10.2 Å². The molecule has 0 saturated carbocycles. The number of carbonyl (C=O) groups excluding carboxylic acids is 4. The van der Waals surface area contributed by atoms with Gasteiger partial charge in [-0.15, -0.1) is 0 Å². The minimum Gasteiger partial charge on any atom is -0.462 e. The third kappa shape index (κ3) is 4.74. The third-order valence-corrected chi connectivity index (χ3v) is 4.73. The Morgan fingerprint density at radius 2 is 1.61 bits per heavy atom. The lowest BCUT2D eigenvalue weighted by atomic mass is 10.1. The Morgan fingerprint density at radius 1 is 0.968 bits per heavy atom. The number of imide groups is 1. The number of anilines is 1. The Hall–Kier alpha value is -3.68. The molecule has 8 nitrogen and oxygen atoms in total. The number of rotatable bonds is 5. The van der Waals surface area contributed by atoms with E-state index in [9.17, 15) is 19.2 Å². The van der Waals surface area contributed by atoms with Gasteiger partial charge in [0.05, 0.1) is 23.3 Å². The summed E-state index contributed by atoms with van der Waals surface area (Å²) in [6.07, 6.45) is 0. The fourth-order valence-electron chi connectivity index (χ4n) is 3.26. The minimum absolute atomic E-state index is 0.245. The lowest BCUT2D eigenvalue weighted by Gasteiger charge is -2.29. The molecule has 0 saturated heterocycles. The molecule has 1 heterocycles. The van der Waals surface area contributed by atoms with Gasteiger partial charge in [-0.2, -0.15) is 0 Å². The second-order valence-electron chi connectivity index (χ2n) is 8.10. The van der Waals surface area contributed by atoms with Gasteiger partial charge in [-0.25, -0.2) is 9.59 Å². The number of hydrogen-bond donors (Lipinski definition) is 2. The van der Waals surface area contributed by atoms with Crippen LogP contribution in [0.15, 0.2) is 42.5 Å². The van der Waals surface area contributed by atoms with E-state index in [0.29, 0.717) is 23.4 Å². The van der Waals surface area contributed by atoms with E-state index in [1.54, 1.807) is 64.1 Å². The highest BCUT2D eigenvalue weighted by molar-refractivity contribution is 6.22. The molecule has 1 aliphatic rings. The highest BCUT2D eigenvalue weighted by atomic mass is 16.5. The fourth-order valence-corrected chi connectivity index (χ4v) is 3.26. The molecule has 1 aliphatic heterocycles. The molecular formula is C23H25N3O5. The molecule has 31 heavy (non-hydrogen) atoms. The molecule has 0 atom stereocenters. The quantitative estimate of drug-likeness (QED) is 0.565. The van der Waals surface area contributed by atoms with E-state index in [-0.39, 0.29) is 23.9 Å².